The van der Waals surface area contributed by atoms with Crippen LogP contribution in [0.15, 0.2) is 22.7 Å². The molecule has 5 heteroatoms. The van der Waals surface area contributed by atoms with Crippen molar-refractivity contribution in [2.24, 2.45) is 0 Å². The summed E-state index contributed by atoms with van der Waals surface area (Å²) in [5.74, 6) is -0.242. The molecule has 3 nitrogen and oxygen atoms in total. The number of hydrogen-bond acceptors (Lipinski definition) is 3. The number of phenolic OH excluding ortho intramolecular Hbond substituents is 1. The van der Waals surface area contributed by atoms with Gasteiger partial charge in [-0.2, -0.15) is 0 Å². The summed E-state index contributed by atoms with van der Waals surface area (Å²) in [7, 11) is 0. The first kappa shape index (κ1) is 7.97. The van der Waals surface area contributed by atoms with E-state index in [4.69, 9.17) is 0 Å². The Morgan fingerprint density at radius 3 is 2.85 bits per heavy atom. The third kappa shape index (κ3) is 1.12. The van der Waals surface area contributed by atoms with Crippen LogP contribution in [0.1, 0.15) is 12.1 Å². The van der Waals surface area contributed by atoms with Crippen LogP contribution < -0.4 is 0 Å². The molecule has 0 aliphatic carbocycles. The first-order valence-corrected chi connectivity index (χ1v) is 3.55. The van der Waals surface area contributed by atoms with Crippen molar-refractivity contribution in [3.63, 3.8) is 0 Å². The maximum absolute atomic E-state index is 12.3. The minimum absolute atomic E-state index is 0.0162. The topological polar surface area (TPSA) is 46.3 Å². The zero-order valence-electron chi connectivity index (χ0n) is 6.37. The fourth-order valence-electron chi connectivity index (χ4n) is 1.15. The van der Waals surface area contributed by atoms with Crippen LogP contribution in [-0.2, 0) is 0 Å². The molecule has 0 bridgehead atoms. The maximum atomic E-state index is 12.3. The van der Waals surface area contributed by atoms with Gasteiger partial charge in [0.15, 0.2) is 11.3 Å². The summed E-state index contributed by atoms with van der Waals surface area (Å²) in [5, 5.41) is 12.4. The highest BCUT2D eigenvalue weighted by Crippen LogP contribution is 2.32. The van der Waals surface area contributed by atoms with Crippen molar-refractivity contribution < 1.29 is 18.4 Å². The molecule has 0 saturated carbocycles. The van der Waals surface area contributed by atoms with Gasteiger partial charge in [0.1, 0.15) is 5.75 Å². The van der Waals surface area contributed by atoms with Crippen molar-refractivity contribution >= 4 is 11.0 Å². The van der Waals surface area contributed by atoms with E-state index in [1.54, 1.807) is 0 Å². The van der Waals surface area contributed by atoms with Gasteiger partial charge in [-0.1, -0.05) is 11.2 Å². The molecule has 68 valence electrons. The smallest absolute Gasteiger partial charge is 0.284 e. The van der Waals surface area contributed by atoms with Crippen LogP contribution in [0.25, 0.3) is 11.0 Å². The van der Waals surface area contributed by atoms with E-state index in [2.05, 4.69) is 9.68 Å². The Labute approximate surface area is 71.6 Å². The molecule has 2 rings (SSSR count). The third-order valence-corrected chi connectivity index (χ3v) is 1.71. The average Bonchev–Trinajstić information content (AvgIpc) is 2.49. The molecule has 0 spiro atoms. The van der Waals surface area contributed by atoms with E-state index in [1.807, 2.05) is 0 Å². The van der Waals surface area contributed by atoms with E-state index in [0.717, 1.165) is 0 Å². The summed E-state index contributed by atoms with van der Waals surface area (Å²) in [6.07, 6.45) is -2.74. The summed E-state index contributed by atoms with van der Waals surface area (Å²) >= 11 is 0. The summed E-state index contributed by atoms with van der Waals surface area (Å²) in [5.41, 5.74) is -0.358. The molecule has 1 aromatic carbocycles. The highest BCUT2D eigenvalue weighted by molar-refractivity contribution is 5.85. The molecule has 1 N–H and O–H groups in total. The number of rotatable bonds is 1. The lowest BCUT2D eigenvalue weighted by Crippen LogP contribution is -1.83. The zero-order valence-corrected chi connectivity index (χ0v) is 6.37. The van der Waals surface area contributed by atoms with Gasteiger partial charge < -0.3 is 9.63 Å². The number of phenols is 1. The number of nitrogens with zero attached hydrogens (tertiary/aromatic N) is 1. The second kappa shape index (κ2) is 2.69. The summed E-state index contributed by atoms with van der Waals surface area (Å²) < 4.78 is 29.2. The number of halogens is 2. The molecule has 1 heterocycles. The van der Waals surface area contributed by atoms with Gasteiger partial charge >= 0.3 is 0 Å². The van der Waals surface area contributed by atoms with Crippen molar-refractivity contribution in [3.05, 3.63) is 23.9 Å². The molecule has 0 radical (unpaired) electrons. The second-order valence-corrected chi connectivity index (χ2v) is 2.52. The van der Waals surface area contributed by atoms with E-state index in [-0.39, 0.29) is 16.7 Å². The molecule has 0 atom stereocenters. The van der Waals surface area contributed by atoms with Crippen LogP contribution in [-0.4, -0.2) is 10.3 Å². The van der Waals surface area contributed by atoms with Gasteiger partial charge in [0.05, 0.1) is 5.39 Å². The van der Waals surface area contributed by atoms with Gasteiger partial charge in [0.25, 0.3) is 6.43 Å². The van der Waals surface area contributed by atoms with Crippen molar-refractivity contribution in [2.75, 3.05) is 0 Å². The molecule has 0 saturated heterocycles. The number of aromatic hydroxyl groups is 1. The minimum atomic E-state index is -2.74. The van der Waals surface area contributed by atoms with E-state index in [0.29, 0.717) is 0 Å². The Hall–Kier alpha value is -1.65. The Bertz CT molecular complexity index is 439. The number of aromatic nitrogens is 1. The van der Waals surface area contributed by atoms with Gasteiger partial charge in [0.2, 0.25) is 0 Å². The van der Waals surface area contributed by atoms with Gasteiger partial charge in [-0.05, 0) is 12.1 Å². The third-order valence-electron chi connectivity index (χ3n) is 1.71. The van der Waals surface area contributed by atoms with Crippen LogP contribution >= 0.6 is 0 Å². The van der Waals surface area contributed by atoms with E-state index < -0.39 is 12.1 Å². The Morgan fingerprint density at radius 2 is 2.15 bits per heavy atom. The van der Waals surface area contributed by atoms with Crippen molar-refractivity contribution in [3.8, 4) is 5.75 Å². The Balaban J connectivity index is 2.79. The molecule has 0 fully saturated rings. The molecular weight excluding hydrogens is 180 g/mol. The van der Waals surface area contributed by atoms with Crippen LogP contribution in [0.5, 0.6) is 5.75 Å². The number of benzene rings is 1. The zero-order chi connectivity index (χ0) is 9.42. The number of alkyl halides is 2. The molecule has 0 unspecified atom stereocenters. The van der Waals surface area contributed by atoms with E-state index >= 15 is 0 Å². The molecule has 1 aromatic heterocycles. The lowest BCUT2D eigenvalue weighted by molar-refractivity contribution is 0.142. The second-order valence-electron chi connectivity index (χ2n) is 2.52. The van der Waals surface area contributed by atoms with Gasteiger partial charge in [-0.3, -0.25) is 0 Å². The molecule has 0 aliphatic rings. The predicted molar refractivity (Wildman–Crippen MR) is 40.6 cm³/mol. The van der Waals surface area contributed by atoms with Gasteiger partial charge in [0, 0.05) is 0 Å². The van der Waals surface area contributed by atoms with Crippen molar-refractivity contribution in [2.45, 2.75) is 6.43 Å². The first-order valence-electron chi connectivity index (χ1n) is 3.55. The van der Waals surface area contributed by atoms with Crippen LogP contribution in [0.3, 0.4) is 0 Å². The first-order chi connectivity index (χ1) is 6.20. The Morgan fingerprint density at radius 1 is 1.38 bits per heavy atom. The summed E-state index contributed by atoms with van der Waals surface area (Å²) in [6.45, 7) is 0. The molecule has 0 aliphatic heterocycles. The van der Waals surface area contributed by atoms with E-state index in [1.165, 1.54) is 18.2 Å². The average molecular weight is 185 g/mol. The SMILES string of the molecule is Oc1cccc2onc(C(F)F)c12. The van der Waals surface area contributed by atoms with Gasteiger partial charge in [-0.15, -0.1) is 0 Å². The van der Waals surface area contributed by atoms with Crippen molar-refractivity contribution in [1.29, 1.82) is 0 Å². The fourth-order valence-corrected chi connectivity index (χ4v) is 1.15. The molecule has 13 heavy (non-hydrogen) atoms. The predicted octanol–water partition coefficient (Wildman–Crippen LogP) is 2.47. The quantitative estimate of drug-likeness (QED) is 0.742. The van der Waals surface area contributed by atoms with Gasteiger partial charge in [-0.25, -0.2) is 8.78 Å². The lowest BCUT2D eigenvalue weighted by Gasteiger charge is -1.94. The summed E-state index contributed by atoms with van der Waals surface area (Å²) in [6, 6.07) is 4.28. The lowest BCUT2D eigenvalue weighted by atomic mass is 10.2. The van der Waals surface area contributed by atoms with E-state index in [9.17, 15) is 13.9 Å². The molecule has 2 aromatic rings. The standard InChI is InChI=1S/C8H5F2NO2/c9-8(10)7-6-4(12)2-1-3-5(6)13-11-7/h1-3,8,12H. The number of fused-ring (bicyclic) bond motifs is 1. The van der Waals surface area contributed by atoms with Crippen LogP contribution in [0.2, 0.25) is 0 Å². The monoisotopic (exact) mass is 185 g/mol. The largest absolute Gasteiger partial charge is 0.507 e. The molecular formula is C8H5F2NO2. The highest BCUT2D eigenvalue weighted by Gasteiger charge is 2.19. The maximum Gasteiger partial charge on any atom is 0.284 e. The summed E-state index contributed by atoms with van der Waals surface area (Å²) in [4.78, 5) is 0. The Kier molecular flexibility index (Phi) is 1.65. The van der Waals surface area contributed by atoms with Crippen LogP contribution in [0.4, 0.5) is 8.78 Å². The minimum Gasteiger partial charge on any atom is -0.507 e. The fraction of sp³-hybridized carbons (Fsp3) is 0.125. The number of hydrogen-bond donors (Lipinski definition) is 1. The molecule has 0 amide bonds. The van der Waals surface area contributed by atoms with Crippen LogP contribution in [0, 0.1) is 0 Å². The highest BCUT2D eigenvalue weighted by atomic mass is 19.3. The normalized spacial score (nSPS) is 11.3. The van der Waals surface area contributed by atoms with Crippen molar-refractivity contribution in [1.82, 2.24) is 5.16 Å².